The van der Waals surface area contributed by atoms with Gasteiger partial charge in [0, 0.05) is 24.7 Å². The Hall–Kier alpha value is -3.33. The highest BCUT2D eigenvalue weighted by Gasteiger charge is 2.37. The predicted molar refractivity (Wildman–Crippen MR) is 119 cm³/mol. The van der Waals surface area contributed by atoms with Gasteiger partial charge < -0.3 is 14.1 Å². The normalized spacial score (nSPS) is 17.5. The minimum atomic E-state index is -0.496. The summed E-state index contributed by atoms with van der Waals surface area (Å²) in [6, 6.07) is 8.59. The first-order valence-electron chi connectivity index (χ1n) is 10.2. The maximum absolute atomic E-state index is 12.7. The molecule has 0 atom stereocenters. The van der Waals surface area contributed by atoms with Gasteiger partial charge in [-0.1, -0.05) is 6.07 Å². The Labute approximate surface area is 189 Å². The SMILES string of the molecule is COC(=O)c1ccc(-c2ccc(/C=C3/SC(=O)N(CC(=O)N4CCCC4)C3=O)o2)c(C)c1. The Morgan fingerprint density at radius 1 is 1.16 bits per heavy atom. The van der Waals surface area contributed by atoms with Crippen molar-refractivity contribution < 1.29 is 28.3 Å². The van der Waals surface area contributed by atoms with Gasteiger partial charge in [-0.3, -0.25) is 19.3 Å². The van der Waals surface area contributed by atoms with E-state index in [0.29, 0.717) is 30.2 Å². The van der Waals surface area contributed by atoms with Gasteiger partial charge in [-0.15, -0.1) is 0 Å². The van der Waals surface area contributed by atoms with Crippen LogP contribution in [0.15, 0.2) is 39.7 Å². The van der Waals surface area contributed by atoms with E-state index >= 15 is 0 Å². The number of furan rings is 1. The largest absolute Gasteiger partial charge is 0.465 e. The van der Waals surface area contributed by atoms with Crippen LogP contribution >= 0.6 is 11.8 Å². The first kappa shape index (κ1) is 21.9. The van der Waals surface area contributed by atoms with Crippen LogP contribution in [0.2, 0.25) is 0 Å². The monoisotopic (exact) mass is 454 g/mol. The molecule has 3 amide bonds. The fourth-order valence-corrected chi connectivity index (χ4v) is 4.55. The number of methoxy groups -OCH3 is 1. The van der Waals surface area contributed by atoms with Crippen LogP contribution in [0.4, 0.5) is 4.79 Å². The summed E-state index contributed by atoms with van der Waals surface area (Å²) in [7, 11) is 1.33. The van der Waals surface area contributed by atoms with Crippen LogP contribution < -0.4 is 0 Å². The van der Waals surface area contributed by atoms with Crippen molar-refractivity contribution in [2.45, 2.75) is 19.8 Å². The molecule has 0 radical (unpaired) electrons. The molecule has 166 valence electrons. The highest BCUT2D eigenvalue weighted by molar-refractivity contribution is 8.18. The standard InChI is InChI=1S/C23H22N2O6S/c1-14-11-15(22(28)30-2)5-7-17(14)18-8-6-16(31-18)12-19-21(27)25(23(29)32-19)13-20(26)24-9-3-4-10-24/h5-8,11-12H,3-4,9-10,13H2,1-2H3/b19-12+. The van der Waals surface area contributed by atoms with E-state index in [1.807, 2.05) is 6.92 Å². The lowest BCUT2D eigenvalue weighted by Crippen LogP contribution is -2.40. The van der Waals surface area contributed by atoms with Crippen molar-refractivity contribution in [2.24, 2.45) is 0 Å². The second-order valence-electron chi connectivity index (χ2n) is 7.58. The van der Waals surface area contributed by atoms with E-state index in [1.165, 1.54) is 13.2 Å². The van der Waals surface area contributed by atoms with Gasteiger partial charge in [-0.05, 0) is 61.4 Å². The summed E-state index contributed by atoms with van der Waals surface area (Å²) in [6.07, 6.45) is 3.39. The maximum Gasteiger partial charge on any atom is 0.337 e. The molecule has 2 aliphatic rings. The quantitative estimate of drug-likeness (QED) is 0.502. The van der Waals surface area contributed by atoms with Crippen molar-refractivity contribution in [2.75, 3.05) is 26.7 Å². The lowest BCUT2D eigenvalue weighted by Gasteiger charge is -2.18. The van der Waals surface area contributed by atoms with Crippen LogP contribution in [0.1, 0.15) is 34.5 Å². The molecule has 1 aromatic heterocycles. The molecule has 8 nitrogen and oxygen atoms in total. The molecule has 0 spiro atoms. The van der Waals surface area contributed by atoms with E-state index in [0.717, 1.165) is 40.6 Å². The topological polar surface area (TPSA) is 97.1 Å². The number of hydrogen-bond donors (Lipinski definition) is 0. The van der Waals surface area contributed by atoms with E-state index in [-0.39, 0.29) is 17.4 Å². The number of carbonyl (C=O) groups is 4. The van der Waals surface area contributed by atoms with E-state index in [2.05, 4.69) is 0 Å². The summed E-state index contributed by atoms with van der Waals surface area (Å²) in [5.74, 6) is -0.151. The van der Waals surface area contributed by atoms with Gasteiger partial charge in [0.05, 0.1) is 17.6 Å². The Morgan fingerprint density at radius 3 is 2.59 bits per heavy atom. The van der Waals surface area contributed by atoms with Crippen LogP contribution in [0.5, 0.6) is 0 Å². The zero-order valence-corrected chi connectivity index (χ0v) is 18.6. The lowest BCUT2D eigenvalue weighted by atomic mass is 10.0. The second-order valence-corrected chi connectivity index (χ2v) is 8.57. The fourth-order valence-electron chi connectivity index (χ4n) is 3.73. The van der Waals surface area contributed by atoms with Crippen LogP contribution in [-0.2, 0) is 14.3 Å². The van der Waals surface area contributed by atoms with Crippen molar-refractivity contribution in [1.82, 2.24) is 9.80 Å². The van der Waals surface area contributed by atoms with Gasteiger partial charge in [-0.2, -0.15) is 0 Å². The van der Waals surface area contributed by atoms with Gasteiger partial charge in [0.2, 0.25) is 5.91 Å². The van der Waals surface area contributed by atoms with Gasteiger partial charge in [0.1, 0.15) is 18.1 Å². The lowest BCUT2D eigenvalue weighted by molar-refractivity contribution is -0.135. The van der Waals surface area contributed by atoms with Crippen LogP contribution in [0.3, 0.4) is 0 Å². The van der Waals surface area contributed by atoms with Gasteiger partial charge in [-0.25, -0.2) is 4.79 Å². The summed E-state index contributed by atoms with van der Waals surface area (Å²) < 4.78 is 10.6. The minimum absolute atomic E-state index is 0.211. The molecule has 0 aliphatic carbocycles. The zero-order chi connectivity index (χ0) is 22.8. The summed E-state index contributed by atoms with van der Waals surface area (Å²) in [5.41, 5.74) is 2.06. The average Bonchev–Trinajstić information content (AvgIpc) is 3.52. The third-order valence-electron chi connectivity index (χ3n) is 5.44. The van der Waals surface area contributed by atoms with Crippen molar-refractivity contribution in [3.8, 4) is 11.3 Å². The first-order valence-corrected chi connectivity index (χ1v) is 11.0. The molecule has 0 unspecified atom stereocenters. The summed E-state index contributed by atoms with van der Waals surface area (Å²) in [4.78, 5) is 51.9. The molecule has 2 aromatic rings. The number of amides is 3. The number of carbonyl (C=O) groups excluding carboxylic acids is 4. The first-order chi connectivity index (χ1) is 15.4. The number of hydrogen-bond acceptors (Lipinski definition) is 7. The summed E-state index contributed by atoms with van der Waals surface area (Å²) in [6.45, 7) is 2.95. The van der Waals surface area contributed by atoms with Crippen molar-refractivity contribution in [3.05, 3.63) is 52.1 Å². The number of nitrogens with zero attached hydrogens (tertiary/aromatic N) is 2. The zero-order valence-electron chi connectivity index (χ0n) is 17.8. The number of esters is 1. The number of likely N-dealkylation sites (tertiary alicyclic amines) is 1. The predicted octanol–water partition coefficient (Wildman–Crippen LogP) is 3.70. The Balaban J connectivity index is 1.49. The number of thioether (sulfide) groups is 1. The van der Waals surface area contributed by atoms with E-state index in [9.17, 15) is 19.2 Å². The molecule has 0 bridgehead atoms. The maximum atomic E-state index is 12.7. The molecular formula is C23H22N2O6S. The van der Waals surface area contributed by atoms with Crippen LogP contribution in [-0.4, -0.2) is 59.6 Å². The summed E-state index contributed by atoms with van der Waals surface area (Å²) in [5, 5.41) is -0.463. The number of rotatable bonds is 5. The van der Waals surface area contributed by atoms with E-state index in [4.69, 9.17) is 9.15 Å². The molecule has 4 rings (SSSR count). The molecule has 1 aromatic carbocycles. The third kappa shape index (κ3) is 4.34. The molecule has 9 heteroatoms. The molecule has 0 N–H and O–H groups in total. The van der Waals surface area contributed by atoms with Crippen molar-refractivity contribution >= 4 is 40.9 Å². The molecule has 3 heterocycles. The Kier molecular flexibility index (Phi) is 6.18. The summed E-state index contributed by atoms with van der Waals surface area (Å²) >= 11 is 0.793. The number of ether oxygens (including phenoxy) is 1. The average molecular weight is 455 g/mol. The molecular weight excluding hydrogens is 432 g/mol. The molecule has 2 fully saturated rings. The van der Waals surface area contributed by atoms with E-state index in [1.54, 1.807) is 35.2 Å². The third-order valence-corrected chi connectivity index (χ3v) is 6.35. The van der Waals surface area contributed by atoms with Gasteiger partial charge in [0.25, 0.3) is 11.1 Å². The second kappa shape index (κ2) is 9.04. The van der Waals surface area contributed by atoms with Crippen LogP contribution in [0, 0.1) is 6.92 Å². The highest BCUT2D eigenvalue weighted by Crippen LogP contribution is 2.34. The smallest absolute Gasteiger partial charge is 0.337 e. The molecule has 32 heavy (non-hydrogen) atoms. The fraction of sp³-hybridized carbons (Fsp3) is 0.304. The van der Waals surface area contributed by atoms with Gasteiger partial charge in [0.15, 0.2) is 0 Å². The molecule has 2 saturated heterocycles. The number of imide groups is 1. The van der Waals surface area contributed by atoms with Crippen molar-refractivity contribution in [1.29, 1.82) is 0 Å². The number of benzene rings is 1. The van der Waals surface area contributed by atoms with Crippen molar-refractivity contribution in [3.63, 3.8) is 0 Å². The highest BCUT2D eigenvalue weighted by atomic mass is 32.2. The Morgan fingerprint density at radius 2 is 1.91 bits per heavy atom. The molecule has 0 saturated carbocycles. The van der Waals surface area contributed by atoms with Gasteiger partial charge >= 0.3 is 5.97 Å². The molecule has 2 aliphatic heterocycles. The van der Waals surface area contributed by atoms with E-state index < -0.39 is 17.1 Å². The Bertz CT molecular complexity index is 1130. The van der Waals surface area contributed by atoms with Crippen LogP contribution in [0.25, 0.3) is 17.4 Å². The number of aryl methyl sites for hydroxylation is 1. The minimum Gasteiger partial charge on any atom is -0.465 e.